The number of carbonyl (C=O) groups excluding carboxylic acids is 2. The molecule has 0 aromatic heterocycles. The molecule has 8 nitrogen and oxygen atoms in total. The monoisotopic (exact) mass is 571 g/mol. The maximum Gasteiger partial charge on any atom is 0.264 e. The van der Waals surface area contributed by atoms with Crippen LogP contribution in [-0.4, -0.2) is 50.9 Å². The van der Waals surface area contributed by atoms with Crippen molar-refractivity contribution in [3.05, 3.63) is 88.9 Å². The number of halogens is 1. The number of anilines is 1. The topological polar surface area (TPSA) is 96.0 Å². The van der Waals surface area contributed by atoms with E-state index < -0.39 is 28.5 Å². The van der Waals surface area contributed by atoms with Gasteiger partial charge in [0.1, 0.15) is 18.3 Å². The van der Waals surface area contributed by atoms with Crippen LogP contribution >= 0.6 is 11.6 Å². The molecule has 208 valence electrons. The maximum atomic E-state index is 14.0. The van der Waals surface area contributed by atoms with E-state index >= 15 is 0 Å². The average Bonchev–Trinajstić information content (AvgIpc) is 2.91. The molecule has 3 aromatic rings. The predicted octanol–water partition coefficient (Wildman–Crippen LogP) is 4.80. The molecule has 39 heavy (non-hydrogen) atoms. The van der Waals surface area contributed by atoms with Gasteiger partial charge in [0, 0.05) is 18.1 Å². The third kappa shape index (κ3) is 7.52. The Bertz CT molecular complexity index is 1400. The van der Waals surface area contributed by atoms with E-state index in [0.29, 0.717) is 29.5 Å². The molecule has 0 saturated heterocycles. The molecular weight excluding hydrogens is 538 g/mol. The number of hydrogen-bond acceptors (Lipinski definition) is 5. The smallest absolute Gasteiger partial charge is 0.264 e. The van der Waals surface area contributed by atoms with Crippen LogP contribution in [0.1, 0.15) is 31.9 Å². The summed E-state index contributed by atoms with van der Waals surface area (Å²) >= 11 is 6.17. The van der Waals surface area contributed by atoms with Gasteiger partial charge in [-0.3, -0.25) is 13.9 Å². The first kappa shape index (κ1) is 30.0. The highest BCUT2D eigenvalue weighted by Gasteiger charge is 2.33. The van der Waals surface area contributed by atoms with Crippen molar-refractivity contribution in [2.75, 3.05) is 24.0 Å². The summed E-state index contributed by atoms with van der Waals surface area (Å²) in [6, 6.07) is 19.2. The van der Waals surface area contributed by atoms with E-state index in [1.807, 2.05) is 6.92 Å². The molecule has 0 bridgehead atoms. The van der Waals surface area contributed by atoms with E-state index in [-0.39, 0.29) is 23.0 Å². The Kier molecular flexibility index (Phi) is 10.4. The number of sulfonamides is 1. The molecule has 3 aromatic carbocycles. The summed E-state index contributed by atoms with van der Waals surface area (Å²) in [6.07, 6.45) is 0. The highest BCUT2D eigenvalue weighted by atomic mass is 35.5. The van der Waals surface area contributed by atoms with Gasteiger partial charge >= 0.3 is 0 Å². The van der Waals surface area contributed by atoms with Gasteiger partial charge < -0.3 is 15.0 Å². The molecule has 0 radical (unpaired) electrons. The van der Waals surface area contributed by atoms with E-state index in [0.717, 1.165) is 9.87 Å². The Balaban J connectivity index is 2.08. The first-order chi connectivity index (χ1) is 18.6. The van der Waals surface area contributed by atoms with E-state index in [1.54, 1.807) is 81.4 Å². The van der Waals surface area contributed by atoms with E-state index in [2.05, 4.69) is 5.32 Å². The standard InChI is InChI=1S/C29H34ClN3O5S/c1-5-31-29(35)22(4)32(19-23-10-9-11-24(30)18-23)28(34)20-33(26-12-7-8-13-27(26)38-6-2)39(36,37)25-16-14-21(3)15-17-25/h7-18,22H,5-6,19-20H2,1-4H3,(H,31,35)/t22-/m0/s1. The third-order valence-corrected chi connectivity index (χ3v) is 8.09. The van der Waals surface area contributed by atoms with Crippen LogP contribution in [0.4, 0.5) is 5.69 Å². The van der Waals surface area contributed by atoms with Crippen LogP contribution in [0.5, 0.6) is 5.75 Å². The van der Waals surface area contributed by atoms with Crippen LogP contribution in [0.25, 0.3) is 0 Å². The van der Waals surface area contributed by atoms with Gasteiger partial charge in [0.2, 0.25) is 11.8 Å². The number of carbonyl (C=O) groups is 2. The molecule has 0 heterocycles. The Hall–Kier alpha value is -3.56. The number of nitrogens with zero attached hydrogens (tertiary/aromatic N) is 2. The fraction of sp³-hybridized carbons (Fsp3) is 0.310. The molecule has 0 aliphatic carbocycles. The second kappa shape index (κ2) is 13.5. The molecular formula is C29H34ClN3O5S. The van der Waals surface area contributed by atoms with Gasteiger partial charge in [0.15, 0.2) is 0 Å². The normalized spacial score (nSPS) is 11.9. The molecule has 10 heteroatoms. The summed E-state index contributed by atoms with van der Waals surface area (Å²) in [6.45, 7) is 7.25. The van der Waals surface area contributed by atoms with Crippen molar-refractivity contribution < 1.29 is 22.7 Å². The number of aryl methyl sites for hydroxylation is 1. The van der Waals surface area contributed by atoms with E-state index in [9.17, 15) is 18.0 Å². The van der Waals surface area contributed by atoms with Gasteiger partial charge in [-0.15, -0.1) is 0 Å². The number of amides is 2. The van der Waals surface area contributed by atoms with Gasteiger partial charge in [-0.25, -0.2) is 8.42 Å². The first-order valence-corrected chi connectivity index (χ1v) is 14.5. The largest absolute Gasteiger partial charge is 0.492 e. The second-order valence-electron chi connectivity index (χ2n) is 8.95. The quantitative estimate of drug-likeness (QED) is 0.337. The van der Waals surface area contributed by atoms with Crippen LogP contribution in [0, 0.1) is 6.92 Å². The molecule has 0 fully saturated rings. The third-order valence-electron chi connectivity index (χ3n) is 6.08. The summed E-state index contributed by atoms with van der Waals surface area (Å²) in [5, 5.41) is 3.23. The molecule has 1 N–H and O–H groups in total. The lowest BCUT2D eigenvalue weighted by Crippen LogP contribution is -2.51. The number of para-hydroxylation sites is 2. The van der Waals surface area contributed by atoms with Crippen LogP contribution in [0.3, 0.4) is 0 Å². The van der Waals surface area contributed by atoms with E-state index in [4.69, 9.17) is 16.3 Å². The Morgan fingerprint density at radius 2 is 1.69 bits per heavy atom. The second-order valence-corrected chi connectivity index (χ2v) is 11.2. The molecule has 0 aliphatic heterocycles. The number of ether oxygens (including phenoxy) is 1. The van der Waals surface area contributed by atoms with Crippen molar-refractivity contribution in [1.29, 1.82) is 0 Å². The van der Waals surface area contributed by atoms with Gasteiger partial charge in [-0.05, 0) is 69.7 Å². The molecule has 2 amide bonds. The molecule has 0 aliphatic rings. The van der Waals surface area contributed by atoms with Crippen molar-refractivity contribution >= 4 is 39.1 Å². The lowest BCUT2D eigenvalue weighted by molar-refractivity contribution is -0.139. The van der Waals surface area contributed by atoms with Crippen molar-refractivity contribution in [2.24, 2.45) is 0 Å². The summed E-state index contributed by atoms with van der Waals surface area (Å²) in [4.78, 5) is 28.1. The molecule has 0 unspecified atom stereocenters. The van der Waals surface area contributed by atoms with Gasteiger partial charge in [0.05, 0.1) is 17.2 Å². The summed E-state index contributed by atoms with van der Waals surface area (Å²) in [5.41, 5.74) is 1.83. The Morgan fingerprint density at radius 1 is 1.00 bits per heavy atom. The maximum absolute atomic E-state index is 14.0. The van der Waals surface area contributed by atoms with Gasteiger partial charge in [-0.1, -0.05) is 53.6 Å². The SMILES string of the molecule is CCNC(=O)[C@H](C)N(Cc1cccc(Cl)c1)C(=O)CN(c1ccccc1OCC)S(=O)(=O)c1ccc(C)cc1. The fourth-order valence-electron chi connectivity index (χ4n) is 4.03. The fourth-order valence-corrected chi connectivity index (χ4v) is 5.67. The predicted molar refractivity (Wildman–Crippen MR) is 153 cm³/mol. The zero-order chi connectivity index (χ0) is 28.6. The zero-order valence-corrected chi connectivity index (χ0v) is 24.1. The average molecular weight is 572 g/mol. The van der Waals surface area contributed by atoms with Gasteiger partial charge in [-0.2, -0.15) is 0 Å². The lowest BCUT2D eigenvalue weighted by Gasteiger charge is -2.32. The minimum atomic E-state index is -4.19. The molecule has 0 saturated carbocycles. The van der Waals surface area contributed by atoms with Crippen LogP contribution in [0.15, 0.2) is 77.7 Å². The van der Waals surface area contributed by atoms with Crippen molar-refractivity contribution in [1.82, 2.24) is 10.2 Å². The molecule has 1 atom stereocenters. The molecule has 3 rings (SSSR count). The minimum Gasteiger partial charge on any atom is -0.492 e. The van der Waals surface area contributed by atoms with Crippen LogP contribution in [-0.2, 0) is 26.2 Å². The number of benzene rings is 3. The van der Waals surface area contributed by atoms with Crippen LogP contribution in [0.2, 0.25) is 5.02 Å². The van der Waals surface area contributed by atoms with Gasteiger partial charge in [0.25, 0.3) is 10.0 Å². The number of hydrogen-bond donors (Lipinski definition) is 1. The summed E-state index contributed by atoms with van der Waals surface area (Å²) in [5.74, 6) is -0.590. The Labute approximate surface area is 235 Å². The van der Waals surface area contributed by atoms with Crippen molar-refractivity contribution in [2.45, 2.75) is 45.2 Å². The Morgan fingerprint density at radius 3 is 2.33 bits per heavy atom. The van der Waals surface area contributed by atoms with Crippen molar-refractivity contribution in [3.8, 4) is 5.75 Å². The zero-order valence-electron chi connectivity index (χ0n) is 22.6. The highest BCUT2D eigenvalue weighted by molar-refractivity contribution is 7.92. The summed E-state index contributed by atoms with van der Waals surface area (Å²) in [7, 11) is -4.19. The lowest BCUT2D eigenvalue weighted by atomic mass is 10.1. The van der Waals surface area contributed by atoms with Crippen molar-refractivity contribution in [3.63, 3.8) is 0 Å². The van der Waals surface area contributed by atoms with E-state index in [1.165, 1.54) is 17.0 Å². The number of likely N-dealkylation sites (N-methyl/N-ethyl adjacent to an activating group) is 1. The first-order valence-electron chi connectivity index (χ1n) is 12.7. The molecule has 0 spiro atoms. The summed E-state index contributed by atoms with van der Waals surface area (Å²) < 4.78 is 34.7. The van der Waals surface area contributed by atoms with Crippen LogP contribution < -0.4 is 14.4 Å². The highest BCUT2D eigenvalue weighted by Crippen LogP contribution is 2.33. The number of rotatable bonds is 12. The minimum absolute atomic E-state index is 0.0327. The number of nitrogens with one attached hydrogen (secondary N) is 1.